The fourth-order valence-electron chi connectivity index (χ4n) is 2.82. The summed E-state index contributed by atoms with van der Waals surface area (Å²) in [6.07, 6.45) is 4.20. The van der Waals surface area contributed by atoms with Crippen LogP contribution in [-0.4, -0.2) is 29.5 Å². The third-order valence-corrected chi connectivity index (χ3v) is 4.22. The summed E-state index contributed by atoms with van der Waals surface area (Å²) in [6.45, 7) is 3.76. The van der Waals surface area contributed by atoms with E-state index in [0.29, 0.717) is 16.8 Å². The van der Waals surface area contributed by atoms with E-state index in [1.807, 2.05) is 24.3 Å². The van der Waals surface area contributed by atoms with Crippen LogP contribution in [0.4, 0.5) is 0 Å². The number of benzene rings is 1. The lowest BCUT2D eigenvalue weighted by molar-refractivity contribution is 0.169. The number of piperidine rings is 1. The first-order valence-corrected chi connectivity index (χ1v) is 7.75. The molecule has 0 aliphatic carbocycles. The first-order chi connectivity index (χ1) is 10.2. The monoisotopic (exact) mass is 305 g/mol. The third kappa shape index (κ3) is 3.64. The Labute approximate surface area is 129 Å². The molecule has 1 atom stereocenters. The number of nitrogens with zero attached hydrogens (tertiary/aromatic N) is 2. The van der Waals surface area contributed by atoms with E-state index in [9.17, 15) is 0 Å². The summed E-state index contributed by atoms with van der Waals surface area (Å²) in [5.74, 6) is 1.26. The average molecular weight is 306 g/mol. The van der Waals surface area contributed by atoms with Crippen LogP contribution >= 0.6 is 11.6 Å². The van der Waals surface area contributed by atoms with E-state index in [0.717, 1.165) is 37.4 Å². The number of rotatable bonds is 4. The number of hydrogen-bond acceptors (Lipinski definition) is 4. The minimum absolute atomic E-state index is 0.612. The number of nitrogens with two attached hydrogens (primary N) is 1. The van der Waals surface area contributed by atoms with Gasteiger partial charge < -0.3 is 10.2 Å². The van der Waals surface area contributed by atoms with Crippen molar-refractivity contribution in [1.29, 1.82) is 0 Å². The highest BCUT2D eigenvalue weighted by Gasteiger charge is 2.19. The second-order valence-electron chi connectivity index (χ2n) is 5.63. The topological polar surface area (TPSA) is 55.3 Å². The summed E-state index contributed by atoms with van der Waals surface area (Å²) in [6, 6.07) is 7.53. The molecule has 4 nitrogen and oxygen atoms in total. The molecule has 3 rings (SSSR count). The van der Waals surface area contributed by atoms with Gasteiger partial charge in [0.25, 0.3) is 0 Å². The Hall–Kier alpha value is -1.36. The highest BCUT2D eigenvalue weighted by Crippen LogP contribution is 2.22. The second-order valence-corrected chi connectivity index (χ2v) is 6.07. The van der Waals surface area contributed by atoms with Crippen LogP contribution in [0.15, 0.2) is 34.9 Å². The fraction of sp³-hybridized carbons (Fsp3) is 0.438. The van der Waals surface area contributed by atoms with Gasteiger partial charge in [0.1, 0.15) is 6.26 Å². The highest BCUT2D eigenvalue weighted by atomic mass is 35.5. The summed E-state index contributed by atoms with van der Waals surface area (Å²) < 4.78 is 5.58. The Kier molecular flexibility index (Phi) is 4.58. The normalized spacial score (nSPS) is 19.8. The Morgan fingerprint density at radius 3 is 2.90 bits per heavy atom. The molecule has 1 saturated heterocycles. The molecular formula is C16H20ClN3O. The maximum atomic E-state index is 5.89. The molecule has 2 N–H and O–H groups in total. The SMILES string of the molecule is NCC1CCCN(Cc2coc(-c3ccc(Cl)cc3)n2)C1. The van der Waals surface area contributed by atoms with Gasteiger partial charge >= 0.3 is 0 Å². The zero-order chi connectivity index (χ0) is 14.7. The molecule has 1 aliphatic rings. The molecule has 1 fully saturated rings. The molecule has 0 spiro atoms. The van der Waals surface area contributed by atoms with E-state index in [4.69, 9.17) is 21.8 Å². The molecule has 1 aliphatic heterocycles. The van der Waals surface area contributed by atoms with Gasteiger partial charge in [-0.1, -0.05) is 11.6 Å². The van der Waals surface area contributed by atoms with Crippen LogP contribution in [0.25, 0.3) is 11.5 Å². The molecule has 2 aromatic rings. The molecular weight excluding hydrogens is 286 g/mol. The molecule has 1 aromatic carbocycles. The van der Waals surface area contributed by atoms with Gasteiger partial charge in [0, 0.05) is 23.7 Å². The van der Waals surface area contributed by atoms with Gasteiger partial charge in [-0.2, -0.15) is 0 Å². The molecule has 0 amide bonds. The van der Waals surface area contributed by atoms with Crippen molar-refractivity contribution in [2.24, 2.45) is 11.7 Å². The smallest absolute Gasteiger partial charge is 0.226 e. The summed E-state index contributed by atoms with van der Waals surface area (Å²) in [5, 5.41) is 0.715. The van der Waals surface area contributed by atoms with E-state index in [1.54, 1.807) is 6.26 Å². The summed E-state index contributed by atoms with van der Waals surface area (Å²) in [7, 11) is 0. The number of aromatic nitrogens is 1. The van der Waals surface area contributed by atoms with Gasteiger partial charge in [0.05, 0.1) is 5.69 Å². The van der Waals surface area contributed by atoms with Crippen molar-refractivity contribution in [1.82, 2.24) is 9.88 Å². The lowest BCUT2D eigenvalue weighted by Crippen LogP contribution is -2.37. The van der Waals surface area contributed by atoms with Crippen molar-refractivity contribution in [3.63, 3.8) is 0 Å². The molecule has 0 saturated carbocycles. The van der Waals surface area contributed by atoms with Gasteiger partial charge in [-0.15, -0.1) is 0 Å². The van der Waals surface area contributed by atoms with E-state index < -0.39 is 0 Å². The van der Waals surface area contributed by atoms with Crippen molar-refractivity contribution in [3.8, 4) is 11.5 Å². The van der Waals surface area contributed by atoms with Crippen molar-refractivity contribution < 1.29 is 4.42 Å². The van der Waals surface area contributed by atoms with Gasteiger partial charge in [-0.3, -0.25) is 4.90 Å². The van der Waals surface area contributed by atoms with Crippen LogP contribution in [0, 0.1) is 5.92 Å². The highest BCUT2D eigenvalue weighted by molar-refractivity contribution is 6.30. The van der Waals surface area contributed by atoms with Crippen LogP contribution in [0.5, 0.6) is 0 Å². The van der Waals surface area contributed by atoms with Crippen LogP contribution in [0.2, 0.25) is 5.02 Å². The summed E-state index contributed by atoms with van der Waals surface area (Å²) in [5.41, 5.74) is 7.70. The Bertz CT molecular complexity index is 581. The predicted octanol–water partition coefficient (Wildman–Crippen LogP) is 3.17. The van der Waals surface area contributed by atoms with E-state index >= 15 is 0 Å². The molecule has 1 aromatic heterocycles. The van der Waals surface area contributed by atoms with Gasteiger partial charge in [0.15, 0.2) is 0 Å². The average Bonchev–Trinajstić information content (AvgIpc) is 2.96. The maximum absolute atomic E-state index is 5.89. The Morgan fingerprint density at radius 1 is 1.33 bits per heavy atom. The molecule has 0 bridgehead atoms. The van der Waals surface area contributed by atoms with Gasteiger partial charge in [0.2, 0.25) is 5.89 Å². The Balaban J connectivity index is 1.66. The fourth-order valence-corrected chi connectivity index (χ4v) is 2.95. The number of halogens is 1. The van der Waals surface area contributed by atoms with Crippen molar-refractivity contribution in [2.45, 2.75) is 19.4 Å². The summed E-state index contributed by atoms with van der Waals surface area (Å²) >= 11 is 5.89. The van der Waals surface area contributed by atoms with Crippen LogP contribution in [-0.2, 0) is 6.54 Å². The number of oxazole rings is 1. The van der Waals surface area contributed by atoms with Crippen molar-refractivity contribution >= 4 is 11.6 Å². The van der Waals surface area contributed by atoms with Crippen molar-refractivity contribution in [3.05, 3.63) is 41.2 Å². The van der Waals surface area contributed by atoms with Gasteiger partial charge in [-0.25, -0.2) is 4.98 Å². The first kappa shape index (κ1) is 14.6. The molecule has 2 heterocycles. The van der Waals surface area contributed by atoms with Crippen LogP contribution in [0.3, 0.4) is 0 Å². The lowest BCUT2D eigenvalue weighted by Gasteiger charge is -2.31. The largest absolute Gasteiger partial charge is 0.444 e. The molecule has 21 heavy (non-hydrogen) atoms. The quantitative estimate of drug-likeness (QED) is 0.942. The third-order valence-electron chi connectivity index (χ3n) is 3.96. The zero-order valence-corrected chi connectivity index (χ0v) is 12.7. The summed E-state index contributed by atoms with van der Waals surface area (Å²) in [4.78, 5) is 6.98. The van der Waals surface area contributed by atoms with Crippen molar-refractivity contribution in [2.75, 3.05) is 19.6 Å². The molecule has 5 heteroatoms. The van der Waals surface area contributed by atoms with Crippen LogP contribution < -0.4 is 5.73 Å². The molecule has 1 unspecified atom stereocenters. The second kappa shape index (κ2) is 6.60. The van der Waals surface area contributed by atoms with Crippen LogP contribution in [0.1, 0.15) is 18.5 Å². The molecule has 112 valence electrons. The van der Waals surface area contributed by atoms with E-state index in [1.165, 1.54) is 12.8 Å². The van der Waals surface area contributed by atoms with E-state index in [-0.39, 0.29) is 0 Å². The first-order valence-electron chi connectivity index (χ1n) is 7.37. The predicted molar refractivity (Wildman–Crippen MR) is 84.0 cm³/mol. The minimum Gasteiger partial charge on any atom is -0.444 e. The van der Waals surface area contributed by atoms with E-state index in [2.05, 4.69) is 9.88 Å². The minimum atomic E-state index is 0.612. The lowest BCUT2D eigenvalue weighted by atomic mass is 9.98. The van der Waals surface area contributed by atoms with Gasteiger partial charge in [-0.05, 0) is 56.1 Å². The standard InChI is InChI=1S/C16H20ClN3O/c17-14-5-3-13(4-6-14)16-19-15(11-21-16)10-20-7-1-2-12(8-18)9-20/h3-6,11-12H,1-2,7-10,18H2. The maximum Gasteiger partial charge on any atom is 0.226 e. The number of likely N-dealkylation sites (tertiary alicyclic amines) is 1. The Morgan fingerprint density at radius 2 is 2.14 bits per heavy atom. The zero-order valence-electron chi connectivity index (χ0n) is 12.0. The number of hydrogen-bond donors (Lipinski definition) is 1. The molecule has 0 radical (unpaired) electrons.